The maximum atomic E-state index is 14.3. The van der Waals surface area contributed by atoms with Crippen LogP contribution < -0.4 is 9.79 Å². The summed E-state index contributed by atoms with van der Waals surface area (Å²) in [7, 11) is -4.93. The highest BCUT2D eigenvalue weighted by molar-refractivity contribution is 7.92. The number of anilines is 3. The van der Waals surface area contributed by atoms with Crippen LogP contribution in [0.2, 0.25) is 0 Å². The van der Waals surface area contributed by atoms with Gasteiger partial charge in [0, 0.05) is 41.0 Å². The molecule has 0 saturated carbocycles. The first kappa shape index (κ1) is 32.5. The zero-order valence-corrected chi connectivity index (χ0v) is 26.3. The highest BCUT2D eigenvalue weighted by atomic mass is 32.2. The number of carbonyl (C=O) groups is 1. The van der Waals surface area contributed by atoms with E-state index in [0.717, 1.165) is 73.7 Å². The van der Waals surface area contributed by atoms with Gasteiger partial charge >= 0.3 is 16.5 Å². The lowest BCUT2D eigenvalue weighted by molar-refractivity contribution is -0.128. The molecule has 1 N–H and O–H groups in total. The average Bonchev–Trinajstić information content (AvgIpc) is 3.46. The van der Waals surface area contributed by atoms with Gasteiger partial charge in [-0.3, -0.25) is 4.79 Å². The maximum Gasteiger partial charge on any atom is 0.322 e. The topological polar surface area (TPSA) is 110 Å². The van der Waals surface area contributed by atoms with Crippen molar-refractivity contribution in [3.05, 3.63) is 97.0 Å². The van der Waals surface area contributed by atoms with Crippen LogP contribution >= 0.6 is 0 Å². The number of carbonyl (C=O) groups excluding carboxylic acids is 1. The molecule has 0 radical (unpaired) electrons. The Hall–Kier alpha value is -4.88. The number of nitrogens with one attached hydrogen (secondary N) is 1. The second kappa shape index (κ2) is 14.5. The minimum absolute atomic E-state index is 0.147. The molecule has 46 heavy (non-hydrogen) atoms. The van der Waals surface area contributed by atoms with Crippen LogP contribution in [0, 0.1) is 11.6 Å². The molecule has 0 unspecified atom stereocenters. The molecule has 0 amide bonds. The van der Waals surface area contributed by atoms with Crippen molar-refractivity contribution in [3.8, 4) is 11.3 Å². The van der Waals surface area contributed by atoms with Gasteiger partial charge in [-0.2, -0.15) is 8.42 Å². The number of fused-ring (bicyclic) bond motifs is 1. The number of hydrogen-bond donors (Lipinski definition) is 1. The van der Waals surface area contributed by atoms with E-state index in [9.17, 15) is 22.0 Å². The van der Waals surface area contributed by atoms with E-state index in [0.29, 0.717) is 17.2 Å². The third kappa shape index (κ3) is 7.16. The molecule has 0 fully saturated rings. The van der Waals surface area contributed by atoms with Crippen LogP contribution in [0.4, 0.5) is 26.0 Å². The Morgan fingerprint density at radius 1 is 0.935 bits per heavy atom. The number of nitrogens with zero attached hydrogens (tertiary/aromatic N) is 5. The van der Waals surface area contributed by atoms with Crippen LogP contribution in [0.25, 0.3) is 22.2 Å². The van der Waals surface area contributed by atoms with Gasteiger partial charge in [0.15, 0.2) is 4.90 Å². The summed E-state index contributed by atoms with van der Waals surface area (Å²) in [5.41, 5.74) is 3.13. The van der Waals surface area contributed by atoms with Crippen molar-refractivity contribution in [2.45, 2.75) is 38.1 Å². The third-order valence-corrected chi connectivity index (χ3v) is 9.28. The van der Waals surface area contributed by atoms with Crippen LogP contribution in [-0.4, -0.2) is 54.0 Å². The minimum Gasteiger partial charge on any atom is -0.347 e. The standard InChI is InChI=1S/C33H34F2N6O4S/c1-3-39(4-2)17-5-6-18-40-19-16-25-20-24(10-15-31(25)40)30-21-32(37-22-36-30)38-26-11-13-27(14-12-26)41(45-23-42)46(43,44)33-28(34)8-7-9-29(33)35/h7-16,19-23H,3-6,17-18H2,1-2H3,(H,36,37,38). The fourth-order valence-electron chi connectivity index (χ4n) is 5.22. The summed E-state index contributed by atoms with van der Waals surface area (Å²) < 4.78 is 57.1. The first-order valence-electron chi connectivity index (χ1n) is 14.9. The van der Waals surface area contributed by atoms with E-state index in [1.165, 1.54) is 30.6 Å². The minimum atomic E-state index is -4.93. The number of unbranched alkanes of at least 4 members (excludes halogenated alkanes) is 1. The molecule has 0 aliphatic carbocycles. The van der Waals surface area contributed by atoms with Crippen molar-refractivity contribution in [2.24, 2.45) is 0 Å². The molecular weight excluding hydrogens is 614 g/mol. The Labute approximate surface area is 266 Å². The Balaban J connectivity index is 1.29. The molecule has 0 atom stereocenters. The van der Waals surface area contributed by atoms with Crippen molar-refractivity contribution < 1.29 is 26.8 Å². The van der Waals surface area contributed by atoms with Gasteiger partial charge in [-0.25, -0.2) is 18.7 Å². The van der Waals surface area contributed by atoms with Gasteiger partial charge in [-0.05, 0) is 87.1 Å². The Morgan fingerprint density at radius 3 is 2.37 bits per heavy atom. The van der Waals surface area contributed by atoms with Gasteiger partial charge in [0.05, 0.1) is 11.4 Å². The van der Waals surface area contributed by atoms with Crippen molar-refractivity contribution in [2.75, 3.05) is 29.4 Å². The Kier molecular flexibility index (Phi) is 10.2. The zero-order valence-electron chi connectivity index (χ0n) is 25.4. The third-order valence-electron chi connectivity index (χ3n) is 7.64. The molecule has 0 aliphatic heterocycles. The van der Waals surface area contributed by atoms with Gasteiger partial charge in [0.2, 0.25) is 0 Å². The summed E-state index contributed by atoms with van der Waals surface area (Å²) in [4.78, 5) is 25.7. The molecule has 2 heterocycles. The molecule has 0 aliphatic rings. The Bertz CT molecular complexity index is 1890. The summed E-state index contributed by atoms with van der Waals surface area (Å²) in [6.07, 6.45) is 5.80. The number of aryl methyl sites for hydroxylation is 1. The molecular formula is C33H34F2N6O4S. The molecule has 0 bridgehead atoms. The fraction of sp³-hybridized carbons (Fsp3) is 0.242. The van der Waals surface area contributed by atoms with Gasteiger partial charge in [0.25, 0.3) is 0 Å². The molecule has 0 spiro atoms. The molecule has 0 saturated heterocycles. The van der Waals surface area contributed by atoms with E-state index in [1.54, 1.807) is 6.07 Å². The van der Waals surface area contributed by atoms with E-state index in [1.807, 2.05) is 6.07 Å². The van der Waals surface area contributed by atoms with E-state index in [2.05, 4.69) is 67.8 Å². The summed E-state index contributed by atoms with van der Waals surface area (Å²) in [6.45, 7) is 8.44. The molecule has 3 aromatic carbocycles. The first-order chi connectivity index (χ1) is 22.2. The molecule has 240 valence electrons. The van der Waals surface area contributed by atoms with Crippen molar-refractivity contribution in [1.82, 2.24) is 19.4 Å². The number of aromatic nitrogens is 3. The fourth-order valence-corrected chi connectivity index (χ4v) is 6.56. The number of hydrogen-bond acceptors (Lipinski definition) is 8. The van der Waals surface area contributed by atoms with Crippen LogP contribution in [0.3, 0.4) is 0 Å². The van der Waals surface area contributed by atoms with E-state index < -0.39 is 26.6 Å². The maximum absolute atomic E-state index is 14.3. The van der Waals surface area contributed by atoms with Gasteiger partial charge in [-0.1, -0.05) is 30.4 Å². The van der Waals surface area contributed by atoms with Crippen molar-refractivity contribution in [3.63, 3.8) is 0 Å². The van der Waals surface area contributed by atoms with Crippen LogP contribution in [0.1, 0.15) is 26.7 Å². The SMILES string of the molecule is CCN(CC)CCCCn1ccc2cc(-c3cc(Nc4ccc(N(OC=O)S(=O)(=O)c5c(F)cccc5F)cc4)ncn3)ccc21. The molecule has 2 aromatic heterocycles. The monoisotopic (exact) mass is 648 g/mol. The predicted octanol–water partition coefficient (Wildman–Crippen LogP) is 6.53. The molecule has 5 rings (SSSR count). The summed E-state index contributed by atoms with van der Waals surface area (Å²) >= 11 is 0. The predicted molar refractivity (Wildman–Crippen MR) is 173 cm³/mol. The van der Waals surface area contributed by atoms with Gasteiger partial charge in [-0.15, -0.1) is 0 Å². The summed E-state index contributed by atoms with van der Waals surface area (Å²) in [5, 5.41) is 4.24. The smallest absolute Gasteiger partial charge is 0.322 e. The lowest BCUT2D eigenvalue weighted by Gasteiger charge is -2.21. The average molecular weight is 649 g/mol. The Morgan fingerprint density at radius 2 is 1.67 bits per heavy atom. The van der Waals surface area contributed by atoms with E-state index >= 15 is 0 Å². The highest BCUT2D eigenvalue weighted by Gasteiger charge is 2.33. The molecule has 5 aromatic rings. The van der Waals surface area contributed by atoms with Crippen molar-refractivity contribution >= 4 is 44.6 Å². The number of benzene rings is 3. The lowest BCUT2D eigenvalue weighted by Crippen LogP contribution is -2.32. The molecule has 13 heteroatoms. The highest BCUT2D eigenvalue weighted by Crippen LogP contribution is 2.30. The quantitative estimate of drug-likeness (QED) is 0.0776. The van der Waals surface area contributed by atoms with E-state index in [-0.39, 0.29) is 16.6 Å². The second-order valence-corrected chi connectivity index (χ2v) is 12.2. The van der Waals surface area contributed by atoms with Gasteiger partial charge in [0.1, 0.15) is 23.8 Å². The van der Waals surface area contributed by atoms with Crippen LogP contribution in [0.5, 0.6) is 0 Å². The van der Waals surface area contributed by atoms with Gasteiger partial charge < -0.3 is 19.6 Å². The summed E-state index contributed by atoms with van der Waals surface area (Å²) in [6, 6.07) is 18.3. The largest absolute Gasteiger partial charge is 0.347 e. The first-order valence-corrected chi connectivity index (χ1v) is 16.3. The number of sulfonamides is 1. The summed E-state index contributed by atoms with van der Waals surface area (Å²) in [5.74, 6) is -2.17. The second-order valence-electron chi connectivity index (χ2n) is 10.5. The lowest BCUT2D eigenvalue weighted by atomic mass is 10.1. The van der Waals surface area contributed by atoms with Crippen LogP contribution in [-0.2, 0) is 26.2 Å². The molecule has 10 nitrogen and oxygen atoms in total. The zero-order chi connectivity index (χ0) is 32.7. The van der Waals surface area contributed by atoms with Crippen LogP contribution in [0.15, 0.2) is 90.2 Å². The number of halogens is 2. The normalized spacial score (nSPS) is 11.6. The van der Waals surface area contributed by atoms with Crippen molar-refractivity contribution in [1.29, 1.82) is 0 Å². The van der Waals surface area contributed by atoms with E-state index in [4.69, 9.17) is 0 Å². The number of rotatable bonds is 15.